The molecule has 0 aromatic rings. The summed E-state index contributed by atoms with van der Waals surface area (Å²) in [5, 5.41) is 0. The molecule has 0 aromatic carbocycles. The highest BCUT2D eigenvalue weighted by atomic mass is 127. The smallest absolute Gasteiger partial charge is 0.168 e. The molecule has 0 spiro atoms. The summed E-state index contributed by atoms with van der Waals surface area (Å²) >= 11 is 2.10. The molecule has 0 aromatic heterocycles. The summed E-state index contributed by atoms with van der Waals surface area (Å²) in [6.07, 6.45) is 8.55. The summed E-state index contributed by atoms with van der Waals surface area (Å²) in [5.74, 6) is 2.12. The summed E-state index contributed by atoms with van der Waals surface area (Å²) in [7, 11) is 0. The second-order valence-electron chi connectivity index (χ2n) is 4.30. The van der Waals surface area contributed by atoms with Gasteiger partial charge in [0.05, 0.1) is 12.7 Å². The number of terminal acetylenes is 1. The quantitative estimate of drug-likeness (QED) is 0.323. The third-order valence-electron chi connectivity index (χ3n) is 2.38. The Hall–Kier alpha value is 0.170. The first kappa shape index (κ1) is 14.2. The molecule has 92 valence electrons. The molecule has 0 bridgehead atoms. The maximum atomic E-state index is 5.70. The largest absolute Gasteiger partial charge is 0.356 e. The Bertz CT molecular complexity index is 247. The number of hydrogen-bond acceptors (Lipinski definition) is 3. The molecule has 0 N–H and O–H groups in total. The third kappa shape index (κ3) is 5.48. The Balaban J connectivity index is 1.99. The van der Waals surface area contributed by atoms with Gasteiger partial charge in [-0.15, -0.1) is 6.42 Å². The van der Waals surface area contributed by atoms with E-state index in [4.69, 9.17) is 20.6 Å². The van der Waals surface area contributed by atoms with Crippen LogP contribution in [0.3, 0.4) is 0 Å². The molecule has 4 heteroatoms. The van der Waals surface area contributed by atoms with Crippen LogP contribution in [0.5, 0.6) is 0 Å². The number of alkyl halides is 1. The Morgan fingerprint density at radius 3 is 2.88 bits per heavy atom. The van der Waals surface area contributed by atoms with Crippen molar-refractivity contribution in [2.45, 2.75) is 49.1 Å². The zero-order valence-corrected chi connectivity index (χ0v) is 12.0. The molecule has 1 saturated heterocycles. The second kappa shape index (κ2) is 6.80. The van der Waals surface area contributed by atoms with E-state index in [1.54, 1.807) is 0 Å². The monoisotopic (exact) mass is 338 g/mol. The van der Waals surface area contributed by atoms with Crippen LogP contribution in [0, 0.1) is 12.3 Å². The normalized spacial score (nSPS) is 25.2. The topological polar surface area (TPSA) is 27.7 Å². The van der Waals surface area contributed by atoms with Crippen molar-refractivity contribution in [3.8, 4) is 12.3 Å². The first-order valence-corrected chi connectivity index (χ1v) is 6.81. The Morgan fingerprint density at radius 2 is 2.31 bits per heavy atom. The Kier molecular flexibility index (Phi) is 6.05. The van der Waals surface area contributed by atoms with Crippen molar-refractivity contribution in [1.82, 2.24) is 0 Å². The summed E-state index contributed by atoms with van der Waals surface area (Å²) < 4.78 is 16.5. The van der Waals surface area contributed by atoms with Gasteiger partial charge in [-0.25, -0.2) is 0 Å². The molecule has 1 heterocycles. The zero-order valence-electron chi connectivity index (χ0n) is 9.87. The van der Waals surface area contributed by atoms with Crippen molar-refractivity contribution in [1.29, 1.82) is 0 Å². The SMILES string of the molecule is C#CC(I)OCCCCC1COC(C)(C)O1. The molecule has 0 saturated carbocycles. The maximum absolute atomic E-state index is 5.70. The lowest BCUT2D eigenvalue weighted by Gasteiger charge is -2.16. The Labute approximate surface area is 111 Å². The van der Waals surface area contributed by atoms with Crippen LogP contribution in [-0.4, -0.2) is 29.2 Å². The van der Waals surface area contributed by atoms with E-state index in [-0.39, 0.29) is 10.2 Å². The van der Waals surface area contributed by atoms with Crippen LogP contribution in [0.4, 0.5) is 0 Å². The zero-order chi connectivity index (χ0) is 12.0. The van der Waals surface area contributed by atoms with Gasteiger partial charge in [-0.3, -0.25) is 0 Å². The van der Waals surface area contributed by atoms with Crippen molar-refractivity contribution >= 4 is 22.6 Å². The number of rotatable bonds is 6. The highest BCUT2D eigenvalue weighted by Gasteiger charge is 2.31. The molecule has 3 nitrogen and oxygen atoms in total. The number of halogens is 1. The van der Waals surface area contributed by atoms with Crippen molar-refractivity contribution in [3.63, 3.8) is 0 Å². The van der Waals surface area contributed by atoms with Gasteiger partial charge in [0.2, 0.25) is 0 Å². The van der Waals surface area contributed by atoms with E-state index in [0.717, 1.165) is 25.9 Å². The lowest BCUT2D eigenvalue weighted by atomic mass is 10.2. The van der Waals surface area contributed by atoms with Crippen LogP contribution in [0.1, 0.15) is 33.1 Å². The summed E-state index contributed by atoms with van der Waals surface area (Å²) in [6, 6.07) is 0. The van der Waals surface area contributed by atoms with Gasteiger partial charge in [0.1, 0.15) is 0 Å². The molecule has 1 rings (SSSR count). The second-order valence-corrected chi connectivity index (χ2v) is 5.43. The minimum absolute atomic E-state index is 0.109. The minimum atomic E-state index is -0.405. The summed E-state index contributed by atoms with van der Waals surface area (Å²) in [6.45, 7) is 5.31. The standard InChI is InChI=1S/C12H19IO3/c1-4-11(13)14-8-6-5-7-10-9-15-12(2,3)16-10/h1,10-11H,5-9H2,2-3H3. The molecule has 16 heavy (non-hydrogen) atoms. The molecule has 0 amide bonds. The van der Waals surface area contributed by atoms with Crippen molar-refractivity contribution in [2.75, 3.05) is 13.2 Å². The average molecular weight is 338 g/mol. The van der Waals surface area contributed by atoms with E-state index < -0.39 is 5.79 Å². The molecule has 0 radical (unpaired) electrons. The highest BCUT2D eigenvalue weighted by molar-refractivity contribution is 14.1. The van der Waals surface area contributed by atoms with Crippen LogP contribution in [0.2, 0.25) is 0 Å². The summed E-state index contributed by atoms with van der Waals surface area (Å²) in [5.41, 5.74) is 0. The van der Waals surface area contributed by atoms with Crippen molar-refractivity contribution in [2.24, 2.45) is 0 Å². The van der Waals surface area contributed by atoms with Crippen LogP contribution in [0.15, 0.2) is 0 Å². The van der Waals surface area contributed by atoms with Crippen LogP contribution in [-0.2, 0) is 14.2 Å². The van der Waals surface area contributed by atoms with E-state index in [9.17, 15) is 0 Å². The first-order chi connectivity index (χ1) is 7.53. The van der Waals surface area contributed by atoms with E-state index in [2.05, 4.69) is 28.5 Å². The lowest BCUT2D eigenvalue weighted by molar-refractivity contribution is -0.139. The highest BCUT2D eigenvalue weighted by Crippen LogP contribution is 2.25. The van der Waals surface area contributed by atoms with E-state index in [1.165, 1.54) is 0 Å². The van der Waals surface area contributed by atoms with Crippen molar-refractivity contribution < 1.29 is 14.2 Å². The average Bonchev–Trinajstić information content (AvgIpc) is 2.57. The van der Waals surface area contributed by atoms with Gasteiger partial charge in [0, 0.05) is 6.61 Å². The van der Waals surface area contributed by atoms with Gasteiger partial charge in [-0.2, -0.15) is 0 Å². The predicted molar refractivity (Wildman–Crippen MR) is 71.3 cm³/mol. The lowest BCUT2D eigenvalue weighted by Crippen LogP contribution is -2.21. The molecule has 1 aliphatic rings. The van der Waals surface area contributed by atoms with Crippen LogP contribution >= 0.6 is 22.6 Å². The number of hydrogen-bond donors (Lipinski definition) is 0. The minimum Gasteiger partial charge on any atom is -0.356 e. The van der Waals surface area contributed by atoms with Gasteiger partial charge >= 0.3 is 0 Å². The van der Waals surface area contributed by atoms with E-state index in [0.29, 0.717) is 6.61 Å². The predicted octanol–water partition coefficient (Wildman–Crippen LogP) is 2.72. The van der Waals surface area contributed by atoms with Gasteiger partial charge in [0.15, 0.2) is 9.90 Å². The molecule has 1 aliphatic heterocycles. The fourth-order valence-corrected chi connectivity index (χ4v) is 1.87. The first-order valence-electron chi connectivity index (χ1n) is 5.57. The van der Waals surface area contributed by atoms with Gasteiger partial charge < -0.3 is 14.2 Å². The molecule has 1 fully saturated rings. The molecular weight excluding hydrogens is 319 g/mol. The third-order valence-corrected chi connectivity index (χ3v) is 3.10. The van der Waals surface area contributed by atoms with Crippen LogP contribution < -0.4 is 0 Å². The Morgan fingerprint density at radius 1 is 1.56 bits per heavy atom. The summed E-state index contributed by atoms with van der Waals surface area (Å²) in [4.78, 5) is 0. The fraction of sp³-hybridized carbons (Fsp3) is 0.833. The number of ether oxygens (including phenoxy) is 3. The van der Waals surface area contributed by atoms with E-state index >= 15 is 0 Å². The fourth-order valence-electron chi connectivity index (χ4n) is 1.61. The molecule has 2 atom stereocenters. The number of unbranched alkanes of at least 4 members (excludes halogenated alkanes) is 1. The van der Waals surface area contributed by atoms with Gasteiger partial charge in [-0.1, -0.05) is 5.92 Å². The van der Waals surface area contributed by atoms with Crippen molar-refractivity contribution in [3.05, 3.63) is 0 Å². The van der Waals surface area contributed by atoms with E-state index in [1.807, 2.05) is 13.8 Å². The maximum Gasteiger partial charge on any atom is 0.168 e. The molecular formula is C12H19IO3. The van der Waals surface area contributed by atoms with Gasteiger partial charge in [-0.05, 0) is 55.7 Å². The molecule has 2 unspecified atom stereocenters. The van der Waals surface area contributed by atoms with Crippen LogP contribution in [0.25, 0.3) is 0 Å². The molecule has 0 aliphatic carbocycles. The van der Waals surface area contributed by atoms with Gasteiger partial charge in [0.25, 0.3) is 0 Å².